The van der Waals surface area contributed by atoms with E-state index < -0.39 is 0 Å². The van der Waals surface area contributed by atoms with Gasteiger partial charge in [0.2, 0.25) is 0 Å². The van der Waals surface area contributed by atoms with E-state index in [0.717, 1.165) is 83.2 Å². The van der Waals surface area contributed by atoms with Crippen molar-refractivity contribution >= 4 is 5.96 Å². The highest BCUT2D eigenvalue weighted by molar-refractivity contribution is 5.80. The molecule has 1 aromatic heterocycles. The summed E-state index contributed by atoms with van der Waals surface area (Å²) in [4.78, 5) is 7.33. The zero-order valence-electron chi connectivity index (χ0n) is 18.2. The Balaban J connectivity index is 1.43. The molecule has 1 aliphatic rings. The Kier molecular flexibility index (Phi) is 9.76. The van der Waals surface area contributed by atoms with Crippen LogP contribution in [0.15, 0.2) is 58.1 Å². The van der Waals surface area contributed by atoms with E-state index in [4.69, 9.17) is 14.1 Å². The van der Waals surface area contributed by atoms with E-state index in [-0.39, 0.29) is 0 Å². The summed E-state index contributed by atoms with van der Waals surface area (Å²) in [5.74, 6) is 1.91. The molecule has 0 bridgehead atoms. The Bertz CT molecular complexity index is 710. The van der Waals surface area contributed by atoms with E-state index in [9.17, 15) is 0 Å². The van der Waals surface area contributed by atoms with Crippen LogP contribution in [0.3, 0.4) is 0 Å². The van der Waals surface area contributed by atoms with Crippen LogP contribution in [0, 0.1) is 0 Å². The Hall–Kier alpha value is -2.31. The lowest BCUT2D eigenvalue weighted by Crippen LogP contribution is -2.49. The first-order valence-corrected chi connectivity index (χ1v) is 11.2. The van der Waals surface area contributed by atoms with Gasteiger partial charge < -0.3 is 19.8 Å². The number of ether oxygens (including phenoxy) is 1. The lowest BCUT2D eigenvalue weighted by molar-refractivity contribution is 0.193. The Morgan fingerprint density at radius 3 is 2.70 bits per heavy atom. The molecule has 0 saturated carbocycles. The topological polar surface area (TPSA) is 62.0 Å². The summed E-state index contributed by atoms with van der Waals surface area (Å²) in [7, 11) is 1.75. The number of guanidine groups is 1. The third kappa shape index (κ3) is 8.20. The van der Waals surface area contributed by atoms with Crippen LogP contribution in [0.5, 0.6) is 0 Å². The van der Waals surface area contributed by atoms with Crippen molar-refractivity contribution in [1.29, 1.82) is 0 Å². The van der Waals surface area contributed by atoms with Gasteiger partial charge in [-0.15, -0.1) is 0 Å². The van der Waals surface area contributed by atoms with E-state index in [0.29, 0.717) is 6.04 Å². The number of likely N-dealkylation sites (tertiary alicyclic amines) is 1. The second-order valence-corrected chi connectivity index (χ2v) is 7.87. The second kappa shape index (κ2) is 13.1. The summed E-state index contributed by atoms with van der Waals surface area (Å²) >= 11 is 0. The van der Waals surface area contributed by atoms with Gasteiger partial charge in [-0.3, -0.25) is 9.89 Å². The van der Waals surface area contributed by atoms with Gasteiger partial charge in [0, 0.05) is 58.9 Å². The number of benzene rings is 1. The number of unbranched alkanes of at least 4 members (excludes halogenated alkanes) is 1. The van der Waals surface area contributed by atoms with Crippen molar-refractivity contribution in [3.63, 3.8) is 0 Å². The molecular weight excluding hydrogens is 376 g/mol. The van der Waals surface area contributed by atoms with E-state index in [2.05, 4.69) is 45.9 Å². The molecule has 3 rings (SSSR count). The molecule has 2 aromatic rings. The number of furan rings is 1. The number of aliphatic imine (C=N–C) groups is 1. The molecule has 6 heteroatoms. The molecule has 0 amide bonds. The molecule has 6 nitrogen and oxygen atoms in total. The maximum Gasteiger partial charge on any atom is 0.191 e. The SMILES string of the molecule is COCCCCN=C(NCCc1ccco1)NC1CCN(Cc2ccccc2)CC1. The van der Waals surface area contributed by atoms with Gasteiger partial charge in [0.15, 0.2) is 5.96 Å². The van der Waals surface area contributed by atoms with Crippen molar-refractivity contribution in [3.8, 4) is 0 Å². The van der Waals surface area contributed by atoms with Crippen LogP contribution >= 0.6 is 0 Å². The minimum atomic E-state index is 0.464. The standard InChI is InChI=1S/C24H36N4O2/c1-29-18-6-5-14-25-24(26-15-11-23-10-7-19-30-23)27-22-12-16-28(17-13-22)20-21-8-3-2-4-9-21/h2-4,7-10,19,22H,5-6,11-18,20H2,1H3,(H2,25,26,27). The van der Waals surface area contributed by atoms with Crippen LogP contribution < -0.4 is 10.6 Å². The van der Waals surface area contributed by atoms with Crippen LogP contribution in [0.25, 0.3) is 0 Å². The molecule has 30 heavy (non-hydrogen) atoms. The lowest BCUT2D eigenvalue weighted by Gasteiger charge is -2.33. The first kappa shape index (κ1) is 22.4. The van der Waals surface area contributed by atoms with Crippen molar-refractivity contribution in [2.75, 3.05) is 39.9 Å². The molecule has 164 valence electrons. The van der Waals surface area contributed by atoms with Crippen LogP contribution in [0.2, 0.25) is 0 Å². The molecule has 0 radical (unpaired) electrons. The summed E-state index contributed by atoms with van der Waals surface area (Å²) < 4.78 is 10.6. The highest BCUT2D eigenvalue weighted by atomic mass is 16.5. The fourth-order valence-corrected chi connectivity index (χ4v) is 3.73. The largest absolute Gasteiger partial charge is 0.469 e. The highest BCUT2D eigenvalue weighted by Gasteiger charge is 2.20. The highest BCUT2D eigenvalue weighted by Crippen LogP contribution is 2.14. The number of rotatable bonds is 11. The summed E-state index contributed by atoms with van der Waals surface area (Å²) in [6.45, 7) is 5.68. The summed E-state index contributed by atoms with van der Waals surface area (Å²) in [6.07, 6.45) is 6.92. The van der Waals surface area contributed by atoms with Crippen LogP contribution in [-0.2, 0) is 17.7 Å². The first-order valence-electron chi connectivity index (χ1n) is 11.2. The van der Waals surface area contributed by atoms with Crippen molar-refractivity contribution in [1.82, 2.24) is 15.5 Å². The Labute approximate surface area is 180 Å². The number of hydrogen-bond acceptors (Lipinski definition) is 4. The minimum Gasteiger partial charge on any atom is -0.469 e. The maximum absolute atomic E-state index is 5.43. The summed E-state index contributed by atoms with van der Waals surface area (Å²) in [5.41, 5.74) is 1.39. The Morgan fingerprint density at radius 2 is 1.97 bits per heavy atom. The zero-order chi connectivity index (χ0) is 20.9. The van der Waals surface area contributed by atoms with E-state index in [1.165, 1.54) is 5.56 Å². The third-order valence-corrected chi connectivity index (χ3v) is 5.45. The molecule has 1 aromatic carbocycles. The van der Waals surface area contributed by atoms with Crippen molar-refractivity contribution in [2.24, 2.45) is 4.99 Å². The second-order valence-electron chi connectivity index (χ2n) is 7.87. The number of hydrogen-bond donors (Lipinski definition) is 2. The molecule has 0 aliphatic carbocycles. The molecule has 0 atom stereocenters. The molecular formula is C24H36N4O2. The predicted molar refractivity (Wildman–Crippen MR) is 122 cm³/mol. The maximum atomic E-state index is 5.43. The third-order valence-electron chi connectivity index (χ3n) is 5.45. The van der Waals surface area contributed by atoms with Gasteiger partial charge in [0.05, 0.1) is 6.26 Å². The minimum absolute atomic E-state index is 0.464. The van der Waals surface area contributed by atoms with Gasteiger partial charge in [-0.2, -0.15) is 0 Å². The molecule has 1 saturated heterocycles. The normalized spacial score (nSPS) is 16.0. The van der Waals surface area contributed by atoms with Gasteiger partial charge >= 0.3 is 0 Å². The van der Waals surface area contributed by atoms with Crippen molar-refractivity contribution in [3.05, 3.63) is 60.1 Å². The number of piperidine rings is 1. The smallest absolute Gasteiger partial charge is 0.191 e. The molecule has 0 spiro atoms. The van der Waals surface area contributed by atoms with Gasteiger partial charge in [-0.05, 0) is 43.4 Å². The molecule has 2 heterocycles. The molecule has 1 aliphatic heterocycles. The van der Waals surface area contributed by atoms with Gasteiger partial charge in [0.1, 0.15) is 5.76 Å². The van der Waals surface area contributed by atoms with Crippen molar-refractivity contribution < 1.29 is 9.15 Å². The number of nitrogens with one attached hydrogen (secondary N) is 2. The van der Waals surface area contributed by atoms with Crippen LogP contribution in [0.4, 0.5) is 0 Å². The summed E-state index contributed by atoms with van der Waals surface area (Å²) in [6, 6.07) is 15.1. The fraction of sp³-hybridized carbons (Fsp3) is 0.542. The first-order chi connectivity index (χ1) is 14.8. The molecule has 2 N–H and O–H groups in total. The molecule has 0 unspecified atom stereocenters. The Morgan fingerprint density at radius 1 is 1.13 bits per heavy atom. The van der Waals surface area contributed by atoms with E-state index in [1.54, 1.807) is 13.4 Å². The summed E-state index contributed by atoms with van der Waals surface area (Å²) in [5, 5.41) is 7.14. The average Bonchev–Trinajstić information content (AvgIpc) is 3.29. The van der Waals surface area contributed by atoms with Crippen LogP contribution in [0.1, 0.15) is 37.0 Å². The molecule has 1 fully saturated rings. The quantitative estimate of drug-likeness (QED) is 0.336. The zero-order valence-corrected chi connectivity index (χ0v) is 18.2. The predicted octanol–water partition coefficient (Wildman–Crippen LogP) is 3.45. The van der Waals surface area contributed by atoms with Gasteiger partial charge in [0.25, 0.3) is 0 Å². The van der Waals surface area contributed by atoms with Gasteiger partial charge in [-0.1, -0.05) is 30.3 Å². The number of methoxy groups -OCH3 is 1. The monoisotopic (exact) mass is 412 g/mol. The van der Waals surface area contributed by atoms with Gasteiger partial charge in [-0.25, -0.2) is 0 Å². The number of nitrogens with zero attached hydrogens (tertiary/aromatic N) is 2. The van der Waals surface area contributed by atoms with E-state index >= 15 is 0 Å². The van der Waals surface area contributed by atoms with Crippen LogP contribution in [-0.4, -0.2) is 56.8 Å². The fourth-order valence-electron chi connectivity index (χ4n) is 3.73. The van der Waals surface area contributed by atoms with E-state index in [1.807, 2.05) is 12.1 Å². The van der Waals surface area contributed by atoms with Crippen molar-refractivity contribution in [2.45, 2.75) is 44.7 Å². The lowest BCUT2D eigenvalue weighted by atomic mass is 10.0. The average molecular weight is 413 g/mol.